The summed E-state index contributed by atoms with van der Waals surface area (Å²) in [6.45, 7) is -0.218. The van der Waals surface area contributed by atoms with Gasteiger partial charge in [-0.15, -0.1) is 0 Å². The van der Waals surface area contributed by atoms with Gasteiger partial charge in [-0.1, -0.05) is 36.4 Å². The number of hydrogen-bond donors (Lipinski definition) is 1. The van der Waals surface area contributed by atoms with E-state index in [1.54, 1.807) is 38.4 Å². The lowest BCUT2D eigenvalue weighted by Gasteiger charge is -2.20. The van der Waals surface area contributed by atoms with Crippen molar-refractivity contribution in [2.75, 3.05) is 32.8 Å². The molecule has 0 aliphatic carbocycles. The average Bonchev–Trinajstić information content (AvgIpc) is 2.80. The van der Waals surface area contributed by atoms with Crippen LogP contribution in [0.25, 0.3) is 0 Å². The fraction of sp³-hybridized carbons (Fsp3) is 0.364. The van der Waals surface area contributed by atoms with E-state index in [0.29, 0.717) is 11.5 Å². The molecule has 2 aromatic rings. The second-order valence-corrected chi connectivity index (χ2v) is 9.64. The van der Waals surface area contributed by atoms with Gasteiger partial charge in [-0.25, -0.2) is 8.42 Å². The van der Waals surface area contributed by atoms with Gasteiger partial charge >= 0.3 is 5.97 Å². The number of nitrogens with one attached hydrogen (secondary N) is 1. The van der Waals surface area contributed by atoms with Crippen molar-refractivity contribution in [3.8, 4) is 5.75 Å². The van der Waals surface area contributed by atoms with Crippen LogP contribution in [0.3, 0.4) is 0 Å². The molecule has 0 aromatic heterocycles. The van der Waals surface area contributed by atoms with Gasteiger partial charge in [0.1, 0.15) is 11.8 Å². The van der Waals surface area contributed by atoms with E-state index in [1.807, 2.05) is 24.5 Å². The zero-order valence-electron chi connectivity index (χ0n) is 18.3. The number of esters is 1. The van der Waals surface area contributed by atoms with E-state index in [4.69, 9.17) is 9.47 Å². The topological polar surface area (TPSA) is 102 Å². The van der Waals surface area contributed by atoms with Crippen LogP contribution in [0.2, 0.25) is 0 Å². The first-order valence-corrected chi connectivity index (χ1v) is 12.7. The number of benzene rings is 2. The Morgan fingerprint density at radius 3 is 2.41 bits per heavy atom. The standard InChI is InChI=1S/C22H28N2O6S2/c1-24(15-17-9-7-8-12-20(17)29-2)21(25)16-30-22(26)19(13-14-31-3)23-32(27,28)18-10-5-4-6-11-18/h4-12,19,23H,13-16H2,1-3H3. The fourth-order valence-corrected chi connectivity index (χ4v) is 4.55. The van der Waals surface area contributed by atoms with Crippen molar-refractivity contribution in [1.82, 2.24) is 9.62 Å². The van der Waals surface area contributed by atoms with E-state index in [1.165, 1.54) is 28.8 Å². The summed E-state index contributed by atoms with van der Waals surface area (Å²) in [7, 11) is -0.769. The second-order valence-electron chi connectivity index (χ2n) is 6.94. The molecule has 2 aromatic carbocycles. The van der Waals surface area contributed by atoms with E-state index in [-0.39, 0.29) is 17.9 Å². The normalized spacial score (nSPS) is 12.1. The van der Waals surface area contributed by atoms with Crippen molar-refractivity contribution in [3.05, 3.63) is 60.2 Å². The number of sulfonamides is 1. The molecule has 0 bridgehead atoms. The van der Waals surface area contributed by atoms with Gasteiger partial charge in [-0.3, -0.25) is 9.59 Å². The van der Waals surface area contributed by atoms with Gasteiger partial charge in [0.15, 0.2) is 6.61 Å². The molecule has 1 unspecified atom stereocenters. The molecule has 0 aliphatic heterocycles. The van der Waals surface area contributed by atoms with Crippen LogP contribution in [0, 0.1) is 0 Å². The van der Waals surface area contributed by atoms with E-state index >= 15 is 0 Å². The minimum absolute atomic E-state index is 0.0505. The molecule has 0 fully saturated rings. The van der Waals surface area contributed by atoms with Crippen LogP contribution >= 0.6 is 11.8 Å². The smallest absolute Gasteiger partial charge is 0.324 e. The van der Waals surface area contributed by atoms with E-state index in [0.717, 1.165) is 5.56 Å². The Balaban J connectivity index is 1.99. The van der Waals surface area contributed by atoms with Crippen molar-refractivity contribution in [3.63, 3.8) is 0 Å². The number of likely N-dealkylation sites (N-methyl/N-ethyl adjacent to an activating group) is 1. The van der Waals surface area contributed by atoms with Crippen LogP contribution in [-0.4, -0.2) is 64.0 Å². The summed E-state index contributed by atoms with van der Waals surface area (Å²) in [5, 5.41) is 0. The molecule has 32 heavy (non-hydrogen) atoms. The number of para-hydroxylation sites is 1. The summed E-state index contributed by atoms with van der Waals surface area (Å²) in [6, 6.07) is 14.0. The summed E-state index contributed by atoms with van der Waals surface area (Å²) in [4.78, 5) is 26.5. The maximum atomic E-state index is 12.6. The molecule has 2 rings (SSSR count). The summed E-state index contributed by atoms with van der Waals surface area (Å²) >= 11 is 1.47. The Morgan fingerprint density at radius 1 is 1.09 bits per heavy atom. The average molecular weight is 481 g/mol. The summed E-state index contributed by atoms with van der Waals surface area (Å²) < 4.78 is 38.1. The number of methoxy groups -OCH3 is 1. The molecule has 8 nitrogen and oxygen atoms in total. The Bertz CT molecular complexity index is 998. The number of carbonyl (C=O) groups excluding carboxylic acids is 2. The molecular formula is C22H28N2O6S2. The Hall–Kier alpha value is -2.56. The highest BCUT2D eigenvalue weighted by Crippen LogP contribution is 2.19. The van der Waals surface area contributed by atoms with E-state index in [9.17, 15) is 18.0 Å². The molecule has 1 atom stereocenters. The van der Waals surface area contributed by atoms with Gasteiger partial charge in [0.2, 0.25) is 10.0 Å². The zero-order valence-corrected chi connectivity index (χ0v) is 19.9. The third kappa shape index (κ3) is 7.54. The van der Waals surface area contributed by atoms with Gasteiger partial charge in [0.25, 0.3) is 5.91 Å². The first-order chi connectivity index (χ1) is 15.3. The molecule has 0 radical (unpaired) electrons. The first-order valence-electron chi connectivity index (χ1n) is 9.87. The van der Waals surface area contributed by atoms with Crippen LogP contribution in [0.4, 0.5) is 0 Å². The van der Waals surface area contributed by atoms with Crippen LogP contribution < -0.4 is 9.46 Å². The lowest BCUT2D eigenvalue weighted by Crippen LogP contribution is -2.43. The second kappa shape index (κ2) is 12.5. The van der Waals surface area contributed by atoms with Crippen molar-refractivity contribution in [2.24, 2.45) is 0 Å². The SMILES string of the molecule is COc1ccccc1CN(C)C(=O)COC(=O)C(CCSC)NS(=O)(=O)c1ccccc1. The minimum atomic E-state index is -3.91. The van der Waals surface area contributed by atoms with Crippen LogP contribution in [0.15, 0.2) is 59.5 Å². The maximum Gasteiger partial charge on any atom is 0.324 e. The van der Waals surface area contributed by atoms with Crippen LogP contribution in [0.5, 0.6) is 5.75 Å². The van der Waals surface area contributed by atoms with Gasteiger partial charge in [-0.2, -0.15) is 16.5 Å². The minimum Gasteiger partial charge on any atom is -0.496 e. The molecule has 10 heteroatoms. The Kier molecular flexibility index (Phi) is 10.0. The van der Waals surface area contributed by atoms with Crippen LogP contribution in [0.1, 0.15) is 12.0 Å². The molecule has 0 saturated heterocycles. The highest BCUT2D eigenvalue weighted by atomic mass is 32.2. The number of hydrogen-bond acceptors (Lipinski definition) is 7. The van der Waals surface area contributed by atoms with Crippen molar-refractivity contribution in [2.45, 2.75) is 23.9 Å². The van der Waals surface area contributed by atoms with Crippen molar-refractivity contribution >= 4 is 33.7 Å². The monoisotopic (exact) mass is 480 g/mol. The van der Waals surface area contributed by atoms with E-state index in [2.05, 4.69) is 4.72 Å². The molecule has 0 saturated carbocycles. The predicted octanol–water partition coefficient (Wildman–Crippen LogP) is 2.30. The summed E-state index contributed by atoms with van der Waals surface area (Å²) in [5.74, 6) is -0.0217. The van der Waals surface area contributed by atoms with Crippen molar-refractivity contribution in [1.29, 1.82) is 0 Å². The Morgan fingerprint density at radius 2 is 1.75 bits per heavy atom. The number of rotatable bonds is 12. The number of thioether (sulfide) groups is 1. The Labute approximate surface area is 193 Å². The molecule has 0 heterocycles. The van der Waals surface area contributed by atoms with Crippen molar-refractivity contribution < 1.29 is 27.5 Å². The fourth-order valence-electron chi connectivity index (χ4n) is 2.84. The predicted molar refractivity (Wildman–Crippen MR) is 124 cm³/mol. The van der Waals surface area contributed by atoms with Crippen LogP contribution in [-0.2, 0) is 30.9 Å². The zero-order chi connectivity index (χ0) is 23.6. The van der Waals surface area contributed by atoms with Gasteiger partial charge < -0.3 is 14.4 Å². The molecule has 0 aliphatic rings. The lowest BCUT2D eigenvalue weighted by atomic mass is 10.2. The third-order valence-corrected chi connectivity index (χ3v) is 6.74. The first kappa shape index (κ1) is 25.7. The molecule has 0 spiro atoms. The summed E-state index contributed by atoms with van der Waals surface area (Å²) in [6.07, 6.45) is 2.09. The third-order valence-electron chi connectivity index (χ3n) is 4.61. The van der Waals surface area contributed by atoms with Gasteiger partial charge in [0.05, 0.1) is 12.0 Å². The molecule has 1 N–H and O–H groups in total. The number of carbonyl (C=O) groups is 2. The molecule has 174 valence electrons. The molecule has 1 amide bonds. The maximum absolute atomic E-state index is 12.6. The summed E-state index contributed by atoms with van der Waals surface area (Å²) in [5.41, 5.74) is 0.811. The quantitative estimate of drug-likeness (QED) is 0.465. The van der Waals surface area contributed by atoms with Gasteiger partial charge in [-0.05, 0) is 36.6 Å². The highest BCUT2D eigenvalue weighted by Gasteiger charge is 2.27. The van der Waals surface area contributed by atoms with Gasteiger partial charge in [0, 0.05) is 19.2 Å². The molecular weight excluding hydrogens is 452 g/mol. The highest BCUT2D eigenvalue weighted by molar-refractivity contribution is 7.98. The number of nitrogens with zero attached hydrogens (tertiary/aromatic N) is 1. The largest absolute Gasteiger partial charge is 0.496 e. The van der Waals surface area contributed by atoms with E-state index < -0.39 is 34.5 Å². The lowest BCUT2D eigenvalue weighted by molar-refractivity contribution is -0.153. The number of ether oxygens (including phenoxy) is 2. The number of amides is 1.